The maximum atomic E-state index is 15.1. The van der Waals surface area contributed by atoms with Crippen molar-refractivity contribution in [1.29, 1.82) is 0 Å². The predicted molar refractivity (Wildman–Crippen MR) is 164 cm³/mol. The van der Waals surface area contributed by atoms with Gasteiger partial charge in [-0.25, -0.2) is 0 Å². The molecule has 5 rings (SSSR count). The number of benzene rings is 5. The number of carbonyl (C=O) groups excluding carboxylic acids is 2. The first kappa shape index (κ1) is 28.4. The zero-order valence-electron chi connectivity index (χ0n) is 22.6. The number of rotatable bonds is 9. The molecule has 0 spiro atoms. The average molecular weight is 577 g/mol. The third-order valence-corrected chi connectivity index (χ3v) is 9.86. The molecule has 210 valence electrons. The Labute approximate surface area is 243 Å². The molecule has 8 heteroatoms. The number of phenolic OH excluding ortho intramolecular Hbond substituents is 2. The van der Waals surface area contributed by atoms with Crippen LogP contribution in [0.15, 0.2) is 127 Å². The summed E-state index contributed by atoms with van der Waals surface area (Å²) < 4.78 is 15.1. The Morgan fingerprint density at radius 3 is 1.29 bits per heavy atom. The third kappa shape index (κ3) is 6.43. The summed E-state index contributed by atoms with van der Waals surface area (Å²) in [6.45, 7) is 0.390. The zero-order chi connectivity index (χ0) is 29.5. The van der Waals surface area contributed by atoms with Crippen molar-refractivity contribution in [3.63, 3.8) is 0 Å². The monoisotopic (exact) mass is 576 g/mol. The van der Waals surface area contributed by atoms with E-state index in [0.717, 1.165) is 11.1 Å². The second-order valence-electron chi connectivity index (χ2n) is 9.75. The molecule has 0 aromatic heterocycles. The maximum Gasteiger partial charge on any atom is 0.251 e. The number of nitrogens with one attached hydrogen (secondary N) is 2. The van der Waals surface area contributed by atoms with Gasteiger partial charge in [0.2, 0.25) is 0 Å². The molecule has 0 radical (unpaired) electrons. The normalized spacial score (nSPS) is 11.0. The molecule has 0 atom stereocenters. The molecular formula is C34H29N2O5P. The summed E-state index contributed by atoms with van der Waals surface area (Å²) in [5, 5.41) is 26.3. The van der Waals surface area contributed by atoms with Crippen molar-refractivity contribution in [1.82, 2.24) is 10.6 Å². The molecule has 0 aliphatic rings. The van der Waals surface area contributed by atoms with Gasteiger partial charge in [0, 0.05) is 40.1 Å². The number of aromatic hydroxyl groups is 2. The molecule has 0 saturated carbocycles. The summed E-state index contributed by atoms with van der Waals surface area (Å²) >= 11 is 0. The molecule has 5 aromatic rings. The van der Waals surface area contributed by atoms with Crippen molar-refractivity contribution in [3.05, 3.63) is 150 Å². The van der Waals surface area contributed by atoms with Gasteiger partial charge < -0.3 is 25.4 Å². The van der Waals surface area contributed by atoms with Crippen LogP contribution in [0.3, 0.4) is 0 Å². The summed E-state index contributed by atoms with van der Waals surface area (Å²) in [5.74, 6) is -0.632. The molecule has 2 amide bonds. The molecule has 0 unspecified atom stereocenters. The van der Waals surface area contributed by atoms with Crippen molar-refractivity contribution in [2.75, 3.05) is 0 Å². The lowest BCUT2D eigenvalue weighted by molar-refractivity contribution is 0.0950. The van der Waals surface area contributed by atoms with E-state index in [-0.39, 0.29) is 35.7 Å². The minimum atomic E-state index is -3.49. The number of hydrogen-bond donors (Lipinski definition) is 4. The van der Waals surface area contributed by atoms with Crippen LogP contribution in [-0.4, -0.2) is 22.0 Å². The lowest BCUT2D eigenvalue weighted by Crippen LogP contribution is -2.30. The Hall–Kier alpha value is -5.13. The first-order chi connectivity index (χ1) is 20.3. The van der Waals surface area contributed by atoms with Crippen LogP contribution in [0, 0.1) is 0 Å². The van der Waals surface area contributed by atoms with Gasteiger partial charge in [0.05, 0.1) is 0 Å². The summed E-state index contributed by atoms with van der Waals surface area (Å²) in [6.07, 6.45) is 0. The highest BCUT2D eigenvalue weighted by Gasteiger charge is 2.31. The molecule has 7 nitrogen and oxygen atoms in total. The Kier molecular flexibility index (Phi) is 8.51. The lowest BCUT2D eigenvalue weighted by Gasteiger charge is -2.21. The fourth-order valence-electron chi connectivity index (χ4n) is 4.57. The van der Waals surface area contributed by atoms with Crippen molar-refractivity contribution in [2.45, 2.75) is 13.1 Å². The van der Waals surface area contributed by atoms with Crippen molar-refractivity contribution >= 4 is 34.9 Å². The molecule has 42 heavy (non-hydrogen) atoms. The fourth-order valence-corrected chi connectivity index (χ4v) is 7.29. The highest BCUT2D eigenvalue weighted by molar-refractivity contribution is 7.85. The minimum absolute atomic E-state index is 0.123. The van der Waals surface area contributed by atoms with Gasteiger partial charge in [0.1, 0.15) is 11.5 Å². The zero-order valence-corrected chi connectivity index (χ0v) is 23.5. The quantitative estimate of drug-likeness (QED) is 0.192. The molecule has 0 fully saturated rings. The van der Waals surface area contributed by atoms with Crippen LogP contribution in [0.5, 0.6) is 11.5 Å². The van der Waals surface area contributed by atoms with Gasteiger partial charge >= 0.3 is 0 Å². The number of carbonyl (C=O) groups is 2. The van der Waals surface area contributed by atoms with E-state index < -0.39 is 19.0 Å². The first-order valence-electron chi connectivity index (χ1n) is 13.3. The average Bonchev–Trinajstić information content (AvgIpc) is 3.04. The molecule has 0 saturated heterocycles. The van der Waals surface area contributed by atoms with Gasteiger partial charge in [0.25, 0.3) is 11.8 Å². The van der Waals surface area contributed by atoms with Gasteiger partial charge in [0.15, 0.2) is 7.14 Å². The van der Waals surface area contributed by atoms with Gasteiger partial charge in [-0.15, -0.1) is 0 Å². The van der Waals surface area contributed by atoms with E-state index in [1.165, 1.54) is 30.3 Å². The molecule has 5 aromatic carbocycles. The fraction of sp³-hybridized carbons (Fsp3) is 0.0588. The van der Waals surface area contributed by atoms with Crippen LogP contribution < -0.4 is 26.5 Å². The number of phenols is 2. The summed E-state index contributed by atoms with van der Waals surface area (Å²) in [5.41, 5.74) is 1.94. The maximum absolute atomic E-state index is 15.1. The smallest absolute Gasteiger partial charge is 0.251 e. The Bertz CT molecular complexity index is 1620. The SMILES string of the molecule is O=C(NCc1ccc(O)cc1)c1cc(C(=O)NCc2ccc(O)cc2)cc(P(=O)(c2ccccc2)c2ccccc2)c1. The topological polar surface area (TPSA) is 116 Å². The Morgan fingerprint density at radius 1 is 0.524 bits per heavy atom. The number of hydrogen-bond acceptors (Lipinski definition) is 5. The van der Waals surface area contributed by atoms with E-state index in [4.69, 9.17) is 0 Å². The van der Waals surface area contributed by atoms with Crippen molar-refractivity contribution in [3.8, 4) is 11.5 Å². The molecule has 4 N–H and O–H groups in total. The lowest BCUT2D eigenvalue weighted by atomic mass is 10.1. The second kappa shape index (κ2) is 12.6. The summed E-state index contributed by atoms with van der Waals surface area (Å²) in [4.78, 5) is 26.8. The van der Waals surface area contributed by atoms with E-state index >= 15 is 4.57 Å². The van der Waals surface area contributed by atoms with Crippen LogP contribution in [-0.2, 0) is 17.7 Å². The highest BCUT2D eigenvalue weighted by atomic mass is 31.2. The standard InChI is InChI=1S/C34H29N2O5P/c37-28-15-11-24(12-16-28)22-35-33(39)26-19-27(34(40)36-23-25-13-17-29(38)18-14-25)21-32(20-26)42(41,30-7-3-1-4-8-30)31-9-5-2-6-10-31/h1-21,37-38H,22-23H2,(H,35,39)(H,36,40). The van der Waals surface area contributed by atoms with Gasteiger partial charge in [-0.1, -0.05) is 84.9 Å². The molecule has 0 heterocycles. The van der Waals surface area contributed by atoms with Gasteiger partial charge in [-0.05, 0) is 53.6 Å². The molecule has 0 aliphatic heterocycles. The van der Waals surface area contributed by atoms with E-state index in [2.05, 4.69) is 10.6 Å². The van der Waals surface area contributed by atoms with E-state index in [1.807, 2.05) is 36.4 Å². The van der Waals surface area contributed by atoms with E-state index in [0.29, 0.717) is 15.9 Å². The predicted octanol–water partition coefficient (Wildman–Crippen LogP) is 4.60. The molecule has 0 aliphatic carbocycles. The third-order valence-electron chi connectivity index (χ3n) is 6.82. The van der Waals surface area contributed by atoms with Crippen LogP contribution in [0.4, 0.5) is 0 Å². The van der Waals surface area contributed by atoms with Crippen LogP contribution in [0.25, 0.3) is 0 Å². The highest BCUT2D eigenvalue weighted by Crippen LogP contribution is 2.42. The Morgan fingerprint density at radius 2 is 0.905 bits per heavy atom. The number of amides is 2. The van der Waals surface area contributed by atoms with Crippen molar-refractivity contribution < 1.29 is 24.4 Å². The van der Waals surface area contributed by atoms with Crippen LogP contribution in [0.1, 0.15) is 31.8 Å². The van der Waals surface area contributed by atoms with Gasteiger partial charge in [-0.2, -0.15) is 0 Å². The van der Waals surface area contributed by atoms with Gasteiger partial charge in [-0.3, -0.25) is 9.59 Å². The molecule has 0 bridgehead atoms. The van der Waals surface area contributed by atoms with E-state index in [9.17, 15) is 19.8 Å². The van der Waals surface area contributed by atoms with Crippen molar-refractivity contribution in [2.24, 2.45) is 0 Å². The second-order valence-corrected chi connectivity index (χ2v) is 12.5. The van der Waals surface area contributed by atoms with E-state index in [1.54, 1.807) is 60.7 Å². The minimum Gasteiger partial charge on any atom is -0.508 e. The van der Waals surface area contributed by atoms with Crippen LogP contribution in [0.2, 0.25) is 0 Å². The first-order valence-corrected chi connectivity index (χ1v) is 15.0. The largest absolute Gasteiger partial charge is 0.508 e. The van der Waals surface area contributed by atoms with Crippen LogP contribution >= 0.6 is 7.14 Å². The summed E-state index contributed by atoms with van der Waals surface area (Å²) in [6, 6.07) is 35.7. The Balaban J connectivity index is 1.54. The summed E-state index contributed by atoms with van der Waals surface area (Å²) in [7, 11) is -3.49. The molecular weight excluding hydrogens is 547 g/mol.